The Morgan fingerprint density at radius 2 is 1.83 bits per heavy atom. The first-order valence-corrected chi connectivity index (χ1v) is 16.5. The number of urea groups is 1. The molecule has 11 heteroatoms. The fourth-order valence-corrected chi connectivity index (χ4v) is 6.62. The van der Waals surface area contributed by atoms with E-state index in [0.29, 0.717) is 61.0 Å². The maximum atomic E-state index is 14.4. The number of hydrogen-bond acceptors (Lipinski definition) is 5. The smallest absolute Gasteiger partial charge is 0.335 e. The number of ether oxygens (including phenoxy) is 1. The molecule has 1 aliphatic heterocycles. The zero-order valence-corrected chi connectivity index (χ0v) is 27.2. The largest absolute Gasteiger partial charge is 0.492 e. The molecule has 5 aromatic rings. The van der Waals surface area contributed by atoms with Crippen LogP contribution in [-0.4, -0.2) is 55.8 Å². The lowest BCUT2D eigenvalue weighted by molar-refractivity contribution is 0.0914. The summed E-state index contributed by atoms with van der Waals surface area (Å²) in [6.07, 6.45) is 7.28. The number of benzene rings is 2. The molecule has 4 heterocycles. The highest BCUT2D eigenvalue weighted by atomic mass is 35.5. The Morgan fingerprint density at radius 3 is 2.60 bits per heavy atom. The van der Waals surface area contributed by atoms with Crippen LogP contribution in [0, 0.1) is 12.7 Å². The van der Waals surface area contributed by atoms with Crippen LogP contribution in [0.4, 0.5) is 20.7 Å². The van der Waals surface area contributed by atoms with Crippen molar-refractivity contribution in [2.45, 2.75) is 44.7 Å². The lowest BCUT2D eigenvalue weighted by Crippen LogP contribution is -2.51. The fourth-order valence-electron chi connectivity index (χ4n) is 6.54. The van der Waals surface area contributed by atoms with Gasteiger partial charge >= 0.3 is 6.03 Å². The van der Waals surface area contributed by atoms with Gasteiger partial charge in [0.1, 0.15) is 29.5 Å². The third-order valence-electron chi connectivity index (χ3n) is 8.90. The number of alkyl halides is 1. The zero-order valence-electron chi connectivity index (χ0n) is 26.4. The minimum atomic E-state index is -0.404. The second kappa shape index (κ2) is 13.1. The molecule has 7 rings (SSSR count). The standard InChI is InChI=1S/C37H34ClFN6O3/c1-23-18-32-24(2)44(29-11-9-28(10-12-29)41-36(46)33-22-43-21-27(39)8-15-34(43)42-33)37(47)45(35(32)40-20-23)30-5-3-4-26(19-30)25-6-13-31(14-7-25)48-17-16-38/h3-8,13-15,18-22,28-29H,2,9-12,16-17H2,1H3,(H,41,46). The molecule has 0 unspecified atom stereocenters. The van der Waals surface area contributed by atoms with Crippen LogP contribution >= 0.6 is 11.6 Å². The van der Waals surface area contributed by atoms with Gasteiger partial charge in [0.25, 0.3) is 5.91 Å². The van der Waals surface area contributed by atoms with Gasteiger partial charge in [0.15, 0.2) is 5.82 Å². The summed E-state index contributed by atoms with van der Waals surface area (Å²) in [6, 6.07) is 20.1. The quantitative estimate of drug-likeness (QED) is 0.171. The number of nitrogens with one attached hydrogen (secondary N) is 1. The van der Waals surface area contributed by atoms with Crippen molar-refractivity contribution in [2.75, 3.05) is 17.4 Å². The van der Waals surface area contributed by atoms with Gasteiger partial charge < -0.3 is 14.5 Å². The van der Waals surface area contributed by atoms with E-state index in [0.717, 1.165) is 28.0 Å². The molecule has 244 valence electrons. The van der Waals surface area contributed by atoms with Crippen LogP contribution in [0.5, 0.6) is 5.75 Å². The van der Waals surface area contributed by atoms with Crippen molar-refractivity contribution in [3.8, 4) is 16.9 Å². The van der Waals surface area contributed by atoms with Crippen LogP contribution in [0.25, 0.3) is 22.5 Å². The molecule has 1 aliphatic carbocycles. The molecule has 0 spiro atoms. The molecule has 1 saturated carbocycles. The first kappa shape index (κ1) is 31.4. The van der Waals surface area contributed by atoms with Crippen LogP contribution in [0.1, 0.15) is 47.3 Å². The number of rotatable bonds is 8. The monoisotopic (exact) mass is 664 g/mol. The van der Waals surface area contributed by atoms with Crippen LogP contribution in [0.3, 0.4) is 0 Å². The molecule has 3 amide bonds. The Kier molecular flexibility index (Phi) is 8.58. The topological polar surface area (TPSA) is 92.1 Å². The lowest BCUT2D eigenvalue weighted by Gasteiger charge is -2.43. The maximum Gasteiger partial charge on any atom is 0.335 e. The van der Waals surface area contributed by atoms with Crippen LogP contribution in [-0.2, 0) is 0 Å². The van der Waals surface area contributed by atoms with Crippen molar-refractivity contribution in [1.29, 1.82) is 0 Å². The summed E-state index contributed by atoms with van der Waals surface area (Å²) in [5.41, 5.74) is 5.75. The number of imidazole rings is 1. The summed E-state index contributed by atoms with van der Waals surface area (Å²) in [5.74, 6) is 0.990. The van der Waals surface area contributed by atoms with Gasteiger partial charge in [-0.2, -0.15) is 0 Å². The van der Waals surface area contributed by atoms with Crippen LogP contribution in [0.15, 0.2) is 91.9 Å². The predicted molar refractivity (Wildman–Crippen MR) is 184 cm³/mol. The third kappa shape index (κ3) is 6.11. The summed E-state index contributed by atoms with van der Waals surface area (Å²) >= 11 is 5.76. The maximum absolute atomic E-state index is 14.4. The highest BCUT2D eigenvalue weighted by molar-refractivity contribution is 6.18. The van der Waals surface area contributed by atoms with Gasteiger partial charge in [0.05, 0.1) is 11.6 Å². The van der Waals surface area contributed by atoms with E-state index in [2.05, 4.69) is 16.9 Å². The minimum absolute atomic E-state index is 0.0841. The van der Waals surface area contributed by atoms with Gasteiger partial charge in [0.2, 0.25) is 0 Å². The lowest BCUT2D eigenvalue weighted by atomic mass is 9.89. The van der Waals surface area contributed by atoms with Crippen molar-refractivity contribution in [2.24, 2.45) is 0 Å². The SMILES string of the molecule is C=C1c2cc(C)cnc2N(c2cccc(-c3ccc(OCCCl)cc3)c2)C(=O)N1C1CCC(NC(=O)c2cn3cc(F)ccc3n2)CC1. The Hall–Kier alpha value is -5.22. The Labute approximate surface area is 282 Å². The molecular weight excluding hydrogens is 631 g/mol. The van der Waals surface area contributed by atoms with Gasteiger partial charge in [-0.3, -0.25) is 9.69 Å². The molecule has 1 N–H and O–H groups in total. The Bertz CT molecular complexity index is 2020. The van der Waals surface area contributed by atoms with E-state index in [9.17, 15) is 14.0 Å². The van der Waals surface area contributed by atoms with E-state index in [-0.39, 0.29) is 29.7 Å². The Balaban J connectivity index is 1.10. The summed E-state index contributed by atoms with van der Waals surface area (Å²) in [4.78, 5) is 40.0. The molecule has 0 atom stereocenters. The average molecular weight is 665 g/mol. The molecular formula is C37H34ClFN6O3. The first-order chi connectivity index (χ1) is 23.3. The number of nitrogens with zero attached hydrogens (tertiary/aromatic N) is 5. The number of hydrogen-bond donors (Lipinski definition) is 1. The van der Waals surface area contributed by atoms with Crippen molar-refractivity contribution >= 4 is 46.4 Å². The fraction of sp³-hybridized carbons (Fsp3) is 0.243. The summed E-state index contributed by atoms with van der Waals surface area (Å²) in [5, 5.41) is 3.08. The summed E-state index contributed by atoms with van der Waals surface area (Å²) < 4.78 is 20.7. The number of pyridine rings is 2. The molecule has 3 aromatic heterocycles. The normalized spacial score (nSPS) is 17.8. The molecule has 9 nitrogen and oxygen atoms in total. The van der Waals surface area contributed by atoms with E-state index >= 15 is 0 Å². The number of carbonyl (C=O) groups is 2. The van der Waals surface area contributed by atoms with Crippen molar-refractivity contribution in [3.63, 3.8) is 0 Å². The van der Waals surface area contributed by atoms with E-state index < -0.39 is 5.82 Å². The molecule has 1 fully saturated rings. The van der Waals surface area contributed by atoms with Gasteiger partial charge in [0, 0.05) is 41.9 Å². The molecule has 0 radical (unpaired) electrons. The second-order valence-corrected chi connectivity index (χ2v) is 12.5. The number of halogens is 2. The van der Waals surface area contributed by atoms with E-state index in [1.165, 1.54) is 28.9 Å². The van der Waals surface area contributed by atoms with Gasteiger partial charge in [-0.05, 0) is 91.8 Å². The number of fused-ring (bicyclic) bond motifs is 2. The van der Waals surface area contributed by atoms with Gasteiger partial charge in [-0.1, -0.05) is 30.8 Å². The number of carbonyl (C=O) groups excluding carboxylic acids is 2. The van der Waals surface area contributed by atoms with E-state index in [1.54, 1.807) is 16.0 Å². The van der Waals surface area contributed by atoms with E-state index in [1.807, 2.05) is 61.5 Å². The second-order valence-electron chi connectivity index (χ2n) is 12.1. The number of anilines is 2. The van der Waals surface area contributed by atoms with Crippen LogP contribution in [0.2, 0.25) is 0 Å². The Morgan fingerprint density at radius 1 is 1.04 bits per heavy atom. The average Bonchev–Trinajstić information content (AvgIpc) is 3.52. The number of amides is 3. The van der Waals surface area contributed by atoms with Crippen LogP contribution < -0.4 is 15.0 Å². The molecule has 0 bridgehead atoms. The third-order valence-corrected chi connectivity index (χ3v) is 9.05. The number of aryl methyl sites for hydroxylation is 1. The molecule has 48 heavy (non-hydrogen) atoms. The zero-order chi connectivity index (χ0) is 33.4. The number of aromatic nitrogens is 3. The van der Waals surface area contributed by atoms with Gasteiger partial charge in [-0.15, -0.1) is 11.6 Å². The predicted octanol–water partition coefficient (Wildman–Crippen LogP) is 7.75. The highest BCUT2D eigenvalue weighted by Gasteiger charge is 2.40. The van der Waals surface area contributed by atoms with Crippen molar-refractivity contribution < 1.29 is 18.7 Å². The van der Waals surface area contributed by atoms with E-state index in [4.69, 9.17) is 21.3 Å². The highest BCUT2D eigenvalue weighted by Crippen LogP contribution is 2.42. The first-order valence-electron chi connectivity index (χ1n) is 15.9. The summed E-state index contributed by atoms with van der Waals surface area (Å²) in [7, 11) is 0. The molecule has 0 saturated heterocycles. The molecule has 2 aliphatic rings. The van der Waals surface area contributed by atoms with Crippen molar-refractivity contribution in [1.82, 2.24) is 24.6 Å². The van der Waals surface area contributed by atoms with Gasteiger partial charge in [-0.25, -0.2) is 24.1 Å². The minimum Gasteiger partial charge on any atom is -0.492 e. The summed E-state index contributed by atoms with van der Waals surface area (Å²) in [6.45, 7) is 6.78. The molecule has 2 aromatic carbocycles. The van der Waals surface area contributed by atoms with Crippen molar-refractivity contribution in [3.05, 3.63) is 115 Å².